The normalized spacial score (nSPS) is 45.0. The second-order valence-corrected chi connectivity index (χ2v) is 13.1. The number of carbonyl (C=O) groups excluding carboxylic acids is 2. The lowest BCUT2D eigenvalue weighted by Gasteiger charge is -2.50. The molecule has 8 unspecified atom stereocenters. The van der Waals surface area contributed by atoms with Gasteiger partial charge in [0.05, 0.1) is 13.2 Å². The van der Waals surface area contributed by atoms with Gasteiger partial charge in [0.15, 0.2) is 37.4 Å². The number of methoxy groups -OCH3 is 2. The SMILES string of the molecule is CO[C@@H]1OC(CO)[C@@H](O)[C@H](O[C@@H]2OC(C(=O)O)[C@@H](O[C@@H]3OC(CO)[C@@H](O)[C@H](O[C@@H]4OC(C(=O)O)[C@@H](OC)[C@H](O)C4O)C3NC(C)=O)[C@H](O)C2O)C1NC(C)=O. The third kappa shape index (κ3) is 9.67. The van der Waals surface area contributed by atoms with Gasteiger partial charge in [-0.3, -0.25) is 9.59 Å². The fourth-order valence-electron chi connectivity index (χ4n) is 6.73. The smallest absolute Gasteiger partial charge is 0.335 e. The first-order valence-corrected chi connectivity index (χ1v) is 16.8. The Morgan fingerprint density at radius 2 is 0.891 bits per heavy atom. The Kier molecular flexibility index (Phi) is 15.6. The summed E-state index contributed by atoms with van der Waals surface area (Å²) in [6.45, 7) is 0.347. The van der Waals surface area contributed by atoms with Gasteiger partial charge in [-0.05, 0) is 0 Å². The van der Waals surface area contributed by atoms with Crippen molar-refractivity contribution in [3.05, 3.63) is 0 Å². The molecule has 0 aliphatic carbocycles. The van der Waals surface area contributed by atoms with Crippen molar-refractivity contribution < 1.29 is 113 Å². The second-order valence-electron chi connectivity index (χ2n) is 13.1. The summed E-state index contributed by atoms with van der Waals surface area (Å²) in [5.41, 5.74) is 0. The monoisotopic (exact) mass is 804 g/mol. The van der Waals surface area contributed by atoms with Gasteiger partial charge in [0.1, 0.15) is 85.3 Å². The maximum Gasteiger partial charge on any atom is 0.335 e. The summed E-state index contributed by atoms with van der Waals surface area (Å²) >= 11 is 0. The molecule has 4 aliphatic heterocycles. The van der Waals surface area contributed by atoms with Crippen LogP contribution in [0.15, 0.2) is 0 Å². The van der Waals surface area contributed by atoms with Gasteiger partial charge in [-0.15, -0.1) is 0 Å². The Morgan fingerprint density at radius 1 is 0.509 bits per heavy atom. The third-order valence-electron chi connectivity index (χ3n) is 9.40. The highest BCUT2D eigenvalue weighted by Gasteiger charge is 2.57. The Hall–Kier alpha value is -2.80. The zero-order valence-electron chi connectivity index (χ0n) is 29.7. The van der Waals surface area contributed by atoms with Crippen LogP contribution >= 0.6 is 0 Å². The molecule has 0 aromatic heterocycles. The van der Waals surface area contributed by atoms with Gasteiger partial charge in [0.25, 0.3) is 0 Å². The number of aliphatic carboxylic acids is 2. The van der Waals surface area contributed by atoms with Crippen LogP contribution in [-0.4, -0.2) is 225 Å². The van der Waals surface area contributed by atoms with E-state index < -0.39 is 160 Å². The molecule has 25 heteroatoms. The van der Waals surface area contributed by atoms with E-state index in [1.165, 1.54) is 7.11 Å². The van der Waals surface area contributed by atoms with E-state index in [9.17, 15) is 70.2 Å². The fraction of sp³-hybridized carbons (Fsp3) is 0.867. The number of rotatable bonds is 14. The van der Waals surface area contributed by atoms with Gasteiger partial charge in [-0.1, -0.05) is 0 Å². The highest BCUT2D eigenvalue weighted by Crippen LogP contribution is 2.35. The van der Waals surface area contributed by atoms with E-state index in [0.717, 1.165) is 21.0 Å². The van der Waals surface area contributed by atoms with Gasteiger partial charge < -0.3 is 104 Å². The molecule has 55 heavy (non-hydrogen) atoms. The number of carboxylic acid groups (broad SMARTS) is 2. The van der Waals surface area contributed by atoms with Gasteiger partial charge in [0.2, 0.25) is 11.8 Å². The molecule has 0 spiro atoms. The van der Waals surface area contributed by atoms with Crippen LogP contribution in [0, 0.1) is 0 Å². The highest BCUT2D eigenvalue weighted by molar-refractivity contribution is 5.74. The highest BCUT2D eigenvalue weighted by atomic mass is 16.8. The number of amides is 2. The van der Waals surface area contributed by atoms with Crippen LogP contribution in [0.1, 0.15) is 13.8 Å². The van der Waals surface area contributed by atoms with E-state index in [1.54, 1.807) is 0 Å². The Morgan fingerprint density at radius 3 is 1.27 bits per heavy atom. The van der Waals surface area contributed by atoms with Crippen molar-refractivity contribution in [1.29, 1.82) is 0 Å². The van der Waals surface area contributed by atoms with Crippen LogP contribution in [0.25, 0.3) is 0 Å². The largest absolute Gasteiger partial charge is 0.479 e. The van der Waals surface area contributed by atoms with Crippen molar-refractivity contribution in [1.82, 2.24) is 10.6 Å². The number of aliphatic hydroxyl groups excluding tert-OH is 8. The molecule has 4 heterocycles. The van der Waals surface area contributed by atoms with Gasteiger partial charge in [0, 0.05) is 28.1 Å². The number of carbonyl (C=O) groups is 4. The minimum Gasteiger partial charge on any atom is -0.479 e. The molecule has 2 amide bonds. The van der Waals surface area contributed by atoms with Gasteiger partial charge in [-0.25, -0.2) is 9.59 Å². The van der Waals surface area contributed by atoms with Crippen molar-refractivity contribution in [2.24, 2.45) is 0 Å². The second kappa shape index (κ2) is 19.1. The molecule has 0 aromatic rings. The van der Waals surface area contributed by atoms with Crippen molar-refractivity contribution >= 4 is 23.8 Å². The van der Waals surface area contributed by atoms with Crippen LogP contribution in [0.2, 0.25) is 0 Å². The van der Waals surface area contributed by atoms with Crippen LogP contribution in [0.4, 0.5) is 0 Å². The van der Waals surface area contributed by atoms with Crippen molar-refractivity contribution in [2.75, 3.05) is 27.4 Å². The molecule has 0 radical (unpaired) electrons. The Bertz CT molecular complexity index is 1330. The summed E-state index contributed by atoms with van der Waals surface area (Å²) in [6.07, 6.45) is -33.9. The molecule has 0 saturated carbocycles. The van der Waals surface area contributed by atoms with Crippen LogP contribution in [0.5, 0.6) is 0 Å². The number of aliphatic hydroxyl groups is 8. The van der Waals surface area contributed by atoms with Crippen molar-refractivity contribution in [2.45, 2.75) is 137 Å². The number of hydrogen-bond acceptors (Lipinski definition) is 21. The molecular weight excluding hydrogens is 756 g/mol. The maximum absolute atomic E-state index is 12.6. The van der Waals surface area contributed by atoms with E-state index in [0.29, 0.717) is 0 Å². The van der Waals surface area contributed by atoms with Gasteiger partial charge >= 0.3 is 11.9 Å². The fourth-order valence-corrected chi connectivity index (χ4v) is 6.73. The Labute approximate surface area is 311 Å². The molecular formula is C30H48N2O23. The average Bonchev–Trinajstić information content (AvgIpc) is 3.12. The first-order chi connectivity index (χ1) is 25.9. The van der Waals surface area contributed by atoms with Crippen LogP contribution in [-0.2, 0) is 61.8 Å². The summed E-state index contributed by atoms with van der Waals surface area (Å²) in [7, 11) is 2.22. The van der Waals surface area contributed by atoms with E-state index in [2.05, 4.69) is 10.6 Å². The number of nitrogens with one attached hydrogen (secondary N) is 2. The van der Waals surface area contributed by atoms with E-state index in [4.69, 9.17) is 42.6 Å². The van der Waals surface area contributed by atoms with E-state index in [-0.39, 0.29) is 0 Å². The van der Waals surface area contributed by atoms with Crippen molar-refractivity contribution in [3.8, 4) is 0 Å². The third-order valence-corrected chi connectivity index (χ3v) is 9.40. The Balaban J connectivity index is 1.63. The predicted octanol–water partition coefficient (Wildman–Crippen LogP) is -7.97. The lowest BCUT2D eigenvalue weighted by atomic mass is 9.94. The van der Waals surface area contributed by atoms with Crippen LogP contribution < -0.4 is 10.6 Å². The lowest BCUT2D eigenvalue weighted by molar-refractivity contribution is -0.369. The molecule has 12 N–H and O–H groups in total. The maximum atomic E-state index is 12.6. The predicted molar refractivity (Wildman–Crippen MR) is 168 cm³/mol. The number of carboxylic acids is 2. The van der Waals surface area contributed by atoms with E-state index >= 15 is 0 Å². The number of ether oxygens (including phenoxy) is 9. The molecule has 0 aromatic carbocycles. The number of hydrogen-bond donors (Lipinski definition) is 12. The minimum absolute atomic E-state index is 0.655. The summed E-state index contributed by atoms with van der Waals surface area (Å²) < 4.78 is 49.3. The standard InChI is InChI=1S/C30H48N2O23/c1-7(35)31-11-19(13(37)9(5-33)49-27(11)48-4)51-30-18(42)16(40)22(24(55-30)26(45)46)53-28-12(32-8(2)36)20(14(38)10(6-34)50-28)52-29-17(41)15(39)21(47-3)23(54-29)25(43)44/h9-24,27-30,33-34,37-42H,5-6H2,1-4H3,(H,31,35)(H,32,36)(H,43,44)(H,45,46)/t9?,10?,11?,12?,13-,14-,15-,16-,17?,18?,19-,20-,21+,22+,23?,24?,27-,28+,29-,30-/m1/s1. The lowest BCUT2D eigenvalue weighted by Crippen LogP contribution is -2.70. The van der Waals surface area contributed by atoms with Crippen molar-refractivity contribution in [3.63, 3.8) is 0 Å². The minimum atomic E-state index is -2.26. The molecule has 25 nitrogen and oxygen atoms in total. The summed E-state index contributed by atoms with van der Waals surface area (Å²) in [6, 6.07) is -3.09. The summed E-state index contributed by atoms with van der Waals surface area (Å²) in [5, 5.41) is 110. The van der Waals surface area contributed by atoms with E-state index in [1.807, 2.05) is 0 Å². The molecule has 4 aliphatic rings. The molecule has 0 bridgehead atoms. The molecule has 4 rings (SSSR count). The topological polar surface area (TPSA) is 378 Å². The molecule has 4 fully saturated rings. The zero-order valence-corrected chi connectivity index (χ0v) is 29.7. The summed E-state index contributed by atoms with van der Waals surface area (Å²) in [4.78, 5) is 48.8. The molecule has 316 valence electrons. The molecule has 4 saturated heterocycles. The first-order valence-electron chi connectivity index (χ1n) is 16.8. The summed E-state index contributed by atoms with van der Waals surface area (Å²) in [5.74, 6) is -4.96. The average molecular weight is 805 g/mol. The van der Waals surface area contributed by atoms with Crippen LogP contribution in [0.3, 0.4) is 0 Å². The molecule has 20 atom stereocenters. The quantitative estimate of drug-likeness (QED) is 0.0775. The van der Waals surface area contributed by atoms with Gasteiger partial charge in [-0.2, -0.15) is 0 Å². The zero-order chi connectivity index (χ0) is 41.0. The first kappa shape index (κ1) is 44.9.